The smallest absolute Gasteiger partial charge is 0.243 e. The van der Waals surface area contributed by atoms with E-state index in [1.54, 1.807) is 0 Å². The number of hydrogen-bond acceptors (Lipinski definition) is 1. The van der Waals surface area contributed by atoms with Crippen LogP contribution < -0.4 is 9.13 Å². The Hall–Kier alpha value is -2.43. The lowest BCUT2D eigenvalue weighted by atomic mass is 9.78. The van der Waals surface area contributed by atoms with E-state index in [0.29, 0.717) is 0 Å². The van der Waals surface area contributed by atoms with Crippen LogP contribution in [-0.4, -0.2) is 14.1 Å². The highest BCUT2D eigenvalue weighted by Gasteiger charge is 2.38. The van der Waals surface area contributed by atoms with Crippen LogP contribution in [0.25, 0.3) is 0 Å². The predicted octanol–water partition coefficient (Wildman–Crippen LogP) is 2.16. The fourth-order valence-corrected chi connectivity index (χ4v) is 3.58. The van der Waals surface area contributed by atoms with Gasteiger partial charge in [-0.2, -0.15) is 0 Å². The molecule has 0 amide bonds. The zero-order valence-corrected chi connectivity index (χ0v) is 15.5. The molecule has 0 unspecified atom stereocenters. The minimum atomic E-state index is -0.0324. The fourth-order valence-electron chi connectivity index (χ4n) is 3.58. The Kier molecular flexibility index (Phi) is 5.31. The summed E-state index contributed by atoms with van der Waals surface area (Å²) in [6, 6.07) is 6.29. The number of hydrogen-bond donors (Lipinski definition) is 0. The molecule has 3 rings (SSSR count). The van der Waals surface area contributed by atoms with Gasteiger partial charge in [-0.15, -0.1) is 0 Å². The Bertz CT molecular complexity index is 745. The molecule has 0 bridgehead atoms. The Morgan fingerprint density at radius 3 is 2.08 bits per heavy atom. The third kappa shape index (κ3) is 4.16. The number of nitrogens with zero attached hydrogens (tertiary/aromatic N) is 5. The summed E-state index contributed by atoms with van der Waals surface area (Å²) < 4.78 is 8.76. The molecule has 25 heavy (non-hydrogen) atoms. The van der Waals surface area contributed by atoms with E-state index in [4.69, 9.17) is 4.98 Å². The molecule has 0 fully saturated rings. The van der Waals surface area contributed by atoms with Crippen molar-refractivity contribution in [2.24, 2.45) is 14.1 Å². The number of pyridine rings is 1. The molecule has 0 saturated carbocycles. The first-order valence-electron chi connectivity index (χ1n) is 9.05. The van der Waals surface area contributed by atoms with E-state index in [2.05, 4.69) is 88.9 Å². The minimum Gasteiger partial charge on any atom is -0.260 e. The zero-order chi connectivity index (χ0) is 17.7. The number of aromatic nitrogens is 5. The second kappa shape index (κ2) is 7.64. The van der Waals surface area contributed by atoms with Crippen LogP contribution in [0.5, 0.6) is 0 Å². The molecule has 0 aliphatic rings. The molecule has 0 radical (unpaired) electrons. The SMILES string of the molecule is CCCCC(Cn1cc[n+](C)c1)(Cn1cc[n+](C)c1)c1ccccn1. The lowest BCUT2D eigenvalue weighted by Crippen LogP contribution is -2.38. The van der Waals surface area contributed by atoms with Crippen LogP contribution in [0.2, 0.25) is 0 Å². The number of aryl methyl sites for hydroxylation is 2. The normalized spacial score (nSPS) is 11.8. The molecule has 0 aliphatic heterocycles. The average Bonchev–Trinajstić information content (AvgIpc) is 3.21. The molecular weight excluding hydrogens is 310 g/mol. The van der Waals surface area contributed by atoms with Gasteiger partial charge in [0.2, 0.25) is 12.7 Å². The summed E-state index contributed by atoms with van der Waals surface area (Å²) in [4.78, 5) is 4.77. The molecule has 3 aromatic heterocycles. The van der Waals surface area contributed by atoms with E-state index >= 15 is 0 Å². The van der Waals surface area contributed by atoms with Gasteiger partial charge in [0.25, 0.3) is 0 Å². The van der Waals surface area contributed by atoms with Crippen molar-refractivity contribution < 1.29 is 9.13 Å². The van der Waals surface area contributed by atoms with E-state index in [1.807, 2.05) is 12.3 Å². The molecule has 0 aliphatic carbocycles. The summed E-state index contributed by atoms with van der Waals surface area (Å²) in [7, 11) is 4.13. The van der Waals surface area contributed by atoms with Gasteiger partial charge in [0.1, 0.15) is 37.9 Å². The summed E-state index contributed by atoms with van der Waals surface area (Å²) in [5.41, 5.74) is 1.14. The quantitative estimate of drug-likeness (QED) is 0.579. The van der Waals surface area contributed by atoms with Gasteiger partial charge in [-0.05, 0) is 18.6 Å². The van der Waals surface area contributed by atoms with E-state index in [-0.39, 0.29) is 5.41 Å². The third-order valence-electron chi connectivity index (χ3n) is 4.84. The lowest BCUT2D eigenvalue weighted by molar-refractivity contribution is -0.671. The van der Waals surface area contributed by atoms with Gasteiger partial charge in [0, 0.05) is 6.20 Å². The maximum absolute atomic E-state index is 4.77. The van der Waals surface area contributed by atoms with E-state index in [9.17, 15) is 0 Å². The van der Waals surface area contributed by atoms with Crippen LogP contribution >= 0.6 is 0 Å². The summed E-state index contributed by atoms with van der Waals surface area (Å²) in [5, 5.41) is 0. The molecule has 132 valence electrons. The van der Waals surface area contributed by atoms with Crippen molar-refractivity contribution in [3.05, 3.63) is 67.5 Å². The van der Waals surface area contributed by atoms with Gasteiger partial charge < -0.3 is 0 Å². The first-order chi connectivity index (χ1) is 12.1. The van der Waals surface area contributed by atoms with E-state index in [1.165, 1.54) is 18.5 Å². The highest BCUT2D eigenvalue weighted by atomic mass is 15.1. The number of rotatable bonds is 8. The highest BCUT2D eigenvalue weighted by Crippen LogP contribution is 2.32. The van der Waals surface area contributed by atoms with Crippen molar-refractivity contribution in [1.29, 1.82) is 0 Å². The van der Waals surface area contributed by atoms with Crippen LogP contribution in [0.3, 0.4) is 0 Å². The first kappa shape index (κ1) is 17.4. The van der Waals surface area contributed by atoms with Crippen molar-refractivity contribution in [1.82, 2.24) is 14.1 Å². The monoisotopic (exact) mass is 339 g/mol. The fraction of sp³-hybridized carbons (Fsp3) is 0.450. The van der Waals surface area contributed by atoms with Gasteiger partial charge in [-0.25, -0.2) is 18.3 Å². The molecule has 5 heteroatoms. The molecule has 3 aromatic rings. The van der Waals surface area contributed by atoms with Gasteiger partial charge in [-0.3, -0.25) is 4.98 Å². The van der Waals surface area contributed by atoms with Crippen LogP contribution in [0.1, 0.15) is 31.9 Å². The van der Waals surface area contributed by atoms with Gasteiger partial charge in [0.15, 0.2) is 0 Å². The number of imidazole rings is 2. The van der Waals surface area contributed by atoms with Crippen molar-refractivity contribution in [2.45, 2.75) is 44.7 Å². The Morgan fingerprint density at radius 2 is 1.64 bits per heavy atom. The van der Waals surface area contributed by atoms with Crippen LogP contribution in [-0.2, 0) is 32.6 Å². The Balaban J connectivity index is 2.01. The molecule has 0 spiro atoms. The summed E-state index contributed by atoms with van der Waals surface area (Å²) in [6.07, 6.45) is 18.2. The zero-order valence-electron chi connectivity index (χ0n) is 15.5. The second-order valence-electron chi connectivity index (χ2n) is 7.10. The van der Waals surface area contributed by atoms with Crippen molar-refractivity contribution in [3.8, 4) is 0 Å². The summed E-state index contributed by atoms with van der Waals surface area (Å²) in [5.74, 6) is 0. The van der Waals surface area contributed by atoms with Gasteiger partial charge >= 0.3 is 0 Å². The highest BCUT2D eigenvalue weighted by molar-refractivity contribution is 5.17. The molecule has 0 saturated heterocycles. The number of unbranched alkanes of at least 4 members (excludes halogenated alkanes) is 1. The molecule has 0 aromatic carbocycles. The summed E-state index contributed by atoms with van der Waals surface area (Å²) in [6.45, 7) is 4.11. The molecule has 0 atom stereocenters. The molecule has 3 heterocycles. The Morgan fingerprint density at radius 1 is 1.00 bits per heavy atom. The van der Waals surface area contributed by atoms with Crippen molar-refractivity contribution >= 4 is 0 Å². The molecule has 0 N–H and O–H groups in total. The van der Waals surface area contributed by atoms with E-state index in [0.717, 1.165) is 19.5 Å². The molecule has 5 nitrogen and oxygen atoms in total. The topological polar surface area (TPSA) is 30.5 Å². The van der Waals surface area contributed by atoms with Crippen LogP contribution in [0.15, 0.2) is 61.8 Å². The predicted molar refractivity (Wildman–Crippen MR) is 96.7 cm³/mol. The maximum Gasteiger partial charge on any atom is 0.243 e. The van der Waals surface area contributed by atoms with Crippen LogP contribution in [0, 0.1) is 0 Å². The van der Waals surface area contributed by atoms with Crippen molar-refractivity contribution in [3.63, 3.8) is 0 Å². The van der Waals surface area contributed by atoms with Crippen molar-refractivity contribution in [2.75, 3.05) is 0 Å². The molecular formula is C20H29N5+2. The van der Waals surface area contributed by atoms with Crippen LogP contribution in [0.4, 0.5) is 0 Å². The minimum absolute atomic E-state index is 0.0324. The standard InChI is InChI=1S/C20H29N5/c1-4-5-9-20(19-8-6-7-10-21-19,15-24-13-11-22(2)17-24)16-25-14-12-23(3)18-25/h6-8,10-14,17-18H,4-5,9,15-16H2,1-3H3/q+2. The van der Waals surface area contributed by atoms with E-state index < -0.39 is 0 Å². The lowest BCUT2D eigenvalue weighted by Gasteiger charge is -2.30. The summed E-state index contributed by atoms with van der Waals surface area (Å²) >= 11 is 0. The third-order valence-corrected chi connectivity index (χ3v) is 4.84. The Labute approximate surface area is 150 Å². The second-order valence-corrected chi connectivity index (χ2v) is 7.10. The largest absolute Gasteiger partial charge is 0.260 e. The van der Waals surface area contributed by atoms with Gasteiger partial charge in [-0.1, -0.05) is 25.8 Å². The average molecular weight is 339 g/mol. The van der Waals surface area contributed by atoms with Gasteiger partial charge in [0.05, 0.1) is 25.2 Å². The maximum atomic E-state index is 4.77. The first-order valence-corrected chi connectivity index (χ1v) is 9.05.